The number of piperidine rings is 1. The molecular formula is C20H27N3O. The highest BCUT2D eigenvalue weighted by molar-refractivity contribution is 5.97. The van der Waals surface area contributed by atoms with Crippen molar-refractivity contribution in [2.75, 3.05) is 13.1 Å². The molecule has 2 rings (SSSR count). The highest BCUT2D eigenvalue weighted by Gasteiger charge is 2.21. The fourth-order valence-corrected chi connectivity index (χ4v) is 2.96. The van der Waals surface area contributed by atoms with Crippen molar-refractivity contribution in [3.05, 3.63) is 47.7 Å². The molecule has 0 aromatic heterocycles. The first-order chi connectivity index (χ1) is 11.4. The van der Waals surface area contributed by atoms with E-state index in [1.165, 1.54) is 5.56 Å². The third kappa shape index (κ3) is 5.73. The Balaban J connectivity index is 1.89. The van der Waals surface area contributed by atoms with Crippen molar-refractivity contribution in [1.82, 2.24) is 10.2 Å². The van der Waals surface area contributed by atoms with Gasteiger partial charge in [0.2, 0.25) is 0 Å². The van der Waals surface area contributed by atoms with Gasteiger partial charge in [0.1, 0.15) is 11.6 Å². The van der Waals surface area contributed by atoms with Crippen LogP contribution in [0.5, 0.6) is 0 Å². The average Bonchev–Trinajstić information content (AvgIpc) is 2.53. The van der Waals surface area contributed by atoms with E-state index < -0.39 is 0 Å². The van der Waals surface area contributed by atoms with Crippen molar-refractivity contribution in [3.8, 4) is 6.07 Å². The third-order valence-corrected chi connectivity index (χ3v) is 4.18. The van der Waals surface area contributed by atoms with Gasteiger partial charge >= 0.3 is 0 Å². The van der Waals surface area contributed by atoms with E-state index in [-0.39, 0.29) is 17.0 Å². The number of nitrogens with zero attached hydrogens (tertiary/aromatic N) is 2. The summed E-state index contributed by atoms with van der Waals surface area (Å²) in [6.07, 6.45) is 5.00. The largest absolute Gasteiger partial charge is 0.376 e. The molecule has 4 heteroatoms. The number of carbonyl (C=O) groups is 1. The number of hydrogen-bond donors (Lipinski definition) is 1. The van der Waals surface area contributed by atoms with Crippen LogP contribution in [0.1, 0.15) is 39.2 Å². The Bertz CT molecular complexity index is 615. The summed E-state index contributed by atoms with van der Waals surface area (Å²) >= 11 is 0. The average molecular weight is 325 g/mol. The Morgan fingerprint density at radius 1 is 1.29 bits per heavy atom. The molecule has 0 aliphatic carbocycles. The van der Waals surface area contributed by atoms with Gasteiger partial charge in [0, 0.05) is 24.8 Å². The Labute approximate surface area is 145 Å². The zero-order chi connectivity index (χ0) is 17.6. The Kier molecular flexibility index (Phi) is 6.03. The van der Waals surface area contributed by atoms with E-state index in [2.05, 4.69) is 34.5 Å². The maximum absolute atomic E-state index is 12.1. The minimum Gasteiger partial charge on any atom is -0.376 e. The zero-order valence-electron chi connectivity index (χ0n) is 14.9. The van der Waals surface area contributed by atoms with Crippen LogP contribution in [0.15, 0.2) is 42.1 Å². The van der Waals surface area contributed by atoms with E-state index in [0.29, 0.717) is 5.92 Å². The van der Waals surface area contributed by atoms with Crippen LogP contribution in [0.3, 0.4) is 0 Å². The van der Waals surface area contributed by atoms with E-state index >= 15 is 0 Å². The second-order valence-corrected chi connectivity index (χ2v) is 7.53. The molecule has 128 valence electrons. The summed E-state index contributed by atoms with van der Waals surface area (Å²) in [6, 6.07) is 12.6. The molecule has 0 atom stereocenters. The summed E-state index contributed by atoms with van der Waals surface area (Å²) in [5.41, 5.74) is 1.23. The summed E-state index contributed by atoms with van der Waals surface area (Å²) in [5.74, 6) is 0.377. The molecule has 0 saturated carbocycles. The smallest absolute Gasteiger partial charge is 0.263 e. The zero-order valence-corrected chi connectivity index (χ0v) is 14.9. The number of rotatable bonds is 4. The first-order valence-corrected chi connectivity index (χ1v) is 8.60. The van der Waals surface area contributed by atoms with Crippen molar-refractivity contribution < 1.29 is 4.79 Å². The predicted molar refractivity (Wildman–Crippen MR) is 96.0 cm³/mol. The summed E-state index contributed by atoms with van der Waals surface area (Å²) < 4.78 is 0. The van der Waals surface area contributed by atoms with Crippen LogP contribution in [-0.2, 0) is 11.2 Å². The second kappa shape index (κ2) is 8.01. The number of nitriles is 1. The molecule has 0 bridgehead atoms. The van der Waals surface area contributed by atoms with E-state index in [0.717, 1.165) is 32.4 Å². The van der Waals surface area contributed by atoms with Crippen LogP contribution >= 0.6 is 0 Å². The quantitative estimate of drug-likeness (QED) is 0.683. The van der Waals surface area contributed by atoms with Gasteiger partial charge < -0.3 is 10.2 Å². The molecule has 0 spiro atoms. The van der Waals surface area contributed by atoms with Gasteiger partial charge in [-0.1, -0.05) is 30.3 Å². The summed E-state index contributed by atoms with van der Waals surface area (Å²) in [4.78, 5) is 14.2. The third-order valence-electron chi connectivity index (χ3n) is 4.18. The van der Waals surface area contributed by atoms with Crippen LogP contribution in [0, 0.1) is 17.2 Å². The van der Waals surface area contributed by atoms with Crippen LogP contribution in [0.2, 0.25) is 0 Å². The molecule has 1 aromatic rings. The molecule has 1 heterocycles. The SMILES string of the molecule is CC(C)(C)NC(=O)/C(C#N)=C\N1CCC(Cc2ccccc2)CC1. The lowest BCUT2D eigenvalue weighted by atomic mass is 9.90. The molecule has 4 nitrogen and oxygen atoms in total. The number of carbonyl (C=O) groups excluding carboxylic acids is 1. The van der Waals surface area contributed by atoms with Gasteiger partial charge in [0.05, 0.1) is 0 Å². The van der Waals surface area contributed by atoms with Crippen LogP contribution < -0.4 is 5.32 Å². The van der Waals surface area contributed by atoms with E-state index in [9.17, 15) is 10.1 Å². The number of likely N-dealkylation sites (tertiary alicyclic amines) is 1. The topological polar surface area (TPSA) is 56.1 Å². The summed E-state index contributed by atoms with van der Waals surface area (Å²) in [5, 5.41) is 12.1. The van der Waals surface area contributed by atoms with Crippen LogP contribution in [-0.4, -0.2) is 29.4 Å². The molecule has 1 fully saturated rings. The van der Waals surface area contributed by atoms with Crippen molar-refractivity contribution in [3.63, 3.8) is 0 Å². The first kappa shape index (κ1) is 18.1. The van der Waals surface area contributed by atoms with Gasteiger partial charge in [0.15, 0.2) is 0 Å². The van der Waals surface area contributed by atoms with Crippen molar-refractivity contribution in [2.24, 2.45) is 5.92 Å². The van der Waals surface area contributed by atoms with Crippen molar-refractivity contribution in [2.45, 2.75) is 45.6 Å². The standard InChI is InChI=1S/C20H27N3O/c1-20(2,3)22-19(24)18(14-21)15-23-11-9-17(10-12-23)13-16-7-5-4-6-8-16/h4-8,15,17H,9-13H2,1-3H3,(H,22,24)/b18-15-. The molecule has 24 heavy (non-hydrogen) atoms. The molecule has 1 saturated heterocycles. The molecule has 0 unspecified atom stereocenters. The highest BCUT2D eigenvalue weighted by Crippen LogP contribution is 2.22. The number of amides is 1. The van der Waals surface area contributed by atoms with Gasteiger partial charge in [-0.2, -0.15) is 5.26 Å². The summed E-state index contributed by atoms with van der Waals surface area (Å²) in [6.45, 7) is 7.52. The highest BCUT2D eigenvalue weighted by atomic mass is 16.1. The number of nitrogens with one attached hydrogen (secondary N) is 1. The molecule has 1 aliphatic rings. The van der Waals surface area contributed by atoms with Gasteiger partial charge in [0.25, 0.3) is 5.91 Å². The monoisotopic (exact) mass is 325 g/mol. The van der Waals surface area contributed by atoms with Crippen LogP contribution in [0.4, 0.5) is 0 Å². The van der Waals surface area contributed by atoms with Gasteiger partial charge in [-0.15, -0.1) is 0 Å². The Hall–Kier alpha value is -2.28. The number of benzene rings is 1. The lowest BCUT2D eigenvalue weighted by Gasteiger charge is -2.31. The minimum atomic E-state index is -0.338. The normalized spacial score (nSPS) is 16.6. The van der Waals surface area contributed by atoms with Gasteiger partial charge in [-0.3, -0.25) is 4.79 Å². The van der Waals surface area contributed by atoms with Gasteiger partial charge in [-0.05, 0) is 51.5 Å². The van der Waals surface area contributed by atoms with E-state index in [1.54, 1.807) is 6.20 Å². The van der Waals surface area contributed by atoms with Gasteiger partial charge in [-0.25, -0.2) is 0 Å². The van der Waals surface area contributed by atoms with E-state index in [4.69, 9.17) is 0 Å². The molecule has 0 radical (unpaired) electrons. The molecule has 1 amide bonds. The summed E-state index contributed by atoms with van der Waals surface area (Å²) in [7, 11) is 0. The molecule has 1 aliphatic heterocycles. The number of hydrogen-bond acceptors (Lipinski definition) is 3. The molecule has 1 aromatic carbocycles. The van der Waals surface area contributed by atoms with Crippen molar-refractivity contribution in [1.29, 1.82) is 5.26 Å². The lowest BCUT2D eigenvalue weighted by Crippen LogP contribution is -2.41. The van der Waals surface area contributed by atoms with Crippen molar-refractivity contribution >= 4 is 5.91 Å². The first-order valence-electron chi connectivity index (χ1n) is 8.60. The minimum absolute atomic E-state index is 0.187. The Morgan fingerprint density at radius 3 is 2.46 bits per heavy atom. The lowest BCUT2D eigenvalue weighted by molar-refractivity contribution is -0.118. The predicted octanol–water partition coefficient (Wildman–Crippen LogP) is 3.26. The fraction of sp³-hybridized carbons (Fsp3) is 0.500. The fourth-order valence-electron chi connectivity index (χ4n) is 2.96. The maximum Gasteiger partial charge on any atom is 0.263 e. The Morgan fingerprint density at radius 2 is 1.92 bits per heavy atom. The molecule has 1 N–H and O–H groups in total. The second-order valence-electron chi connectivity index (χ2n) is 7.53. The van der Waals surface area contributed by atoms with E-state index in [1.807, 2.05) is 32.9 Å². The maximum atomic E-state index is 12.1. The molecular weight excluding hydrogens is 298 g/mol. The van der Waals surface area contributed by atoms with Crippen LogP contribution in [0.25, 0.3) is 0 Å².